The van der Waals surface area contributed by atoms with Crippen molar-refractivity contribution >= 4 is 22.6 Å². The molecule has 6 heteroatoms. The number of aromatic nitrogens is 2. The molecule has 2 aromatic heterocycles. The van der Waals surface area contributed by atoms with Gasteiger partial charge in [0, 0.05) is 36.7 Å². The largest absolute Gasteiger partial charge is 0.378 e. The third kappa shape index (κ3) is 4.43. The molecule has 0 aliphatic carbocycles. The lowest BCUT2D eigenvalue weighted by Crippen LogP contribution is -2.36. The van der Waals surface area contributed by atoms with Gasteiger partial charge in [0.25, 0.3) is 5.91 Å². The summed E-state index contributed by atoms with van der Waals surface area (Å²) in [6, 6.07) is 12.2. The maximum absolute atomic E-state index is 12.7. The molecule has 1 aromatic carbocycles. The Morgan fingerprint density at radius 1 is 1.17 bits per heavy atom. The third-order valence-electron chi connectivity index (χ3n) is 5.33. The van der Waals surface area contributed by atoms with Crippen LogP contribution in [0, 0.1) is 0 Å². The number of ether oxygens (including phenoxy) is 1. The second-order valence-corrected chi connectivity index (χ2v) is 8.54. The van der Waals surface area contributed by atoms with Crippen molar-refractivity contribution in [2.45, 2.75) is 32.7 Å². The minimum atomic E-state index is -0.108. The van der Waals surface area contributed by atoms with E-state index in [1.165, 1.54) is 5.56 Å². The first-order valence-electron chi connectivity index (χ1n) is 10.1. The van der Waals surface area contributed by atoms with Gasteiger partial charge in [-0.1, -0.05) is 32.9 Å². The smallest absolute Gasteiger partial charge is 0.267 e. The number of carbonyl (C=O) groups is 1. The average molecular weight is 393 g/mol. The number of hydrogen-bond acceptors (Lipinski definition) is 4. The topological polar surface area (TPSA) is 70.2 Å². The minimum Gasteiger partial charge on any atom is -0.378 e. The lowest BCUT2D eigenvalue weighted by atomic mass is 9.87. The van der Waals surface area contributed by atoms with Gasteiger partial charge in [-0.05, 0) is 40.8 Å². The lowest BCUT2D eigenvalue weighted by molar-refractivity contribution is 0.0946. The Morgan fingerprint density at radius 2 is 1.97 bits per heavy atom. The first-order chi connectivity index (χ1) is 13.9. The van der Waals surface area contributed by atoms with Gasteiger partial charge in [0.1, 0.15) is 11.5 Å². The van der Waals surface area contributed by atoms with E-state index in [1.807, 2.05) is 18.2 Å². The van der Waals surface area contributed by atoms with E-state index in [2.05, 4.69) is 59.2 Å². The molecule has 1 amide bonds. The number of benzene rings is 1. The summed E-state index contributed by atoms with van der Waals surface area (Å²) in [5.74, 6) is 0.823. The molecule has 2 N–H and O–H groups in total. The van der Waals surface area contributed by atoms with E-state index in [0.29, 0.717) is 12.2 Å². The van der Waals surface area contributed by atoms with Gasteiger partial charge in [0.15, 0.2) is 0 Å². The number of hydrogen-bond donors (Lipinski definition) is 2. The Kier molecular flexibility index (Phi) is 5.28. The number of amides is 1. The highest BCUT2D eigenvalue weighted by Gasteiger charge is 2.16. The van der Waals surface area contributed by atoms with Gasteiger partial charge in [-0.25, -0.2) is 4.98 Å². The van der Waals surface area contributed by atoms with Gasteiger partial charge in [-0.3, -0.25) is 4.79 Å². The number of fused-ring (bicyclic) bond motifs is 1. The van der Waals surface area contributed by atoms with Crippen LogP contribution in [0.2, 0.25) is 0 Å². The molecular weight excluding hydrogens is 364 g/mol. The van der Waals surface area contributed by atoms with Gasteiger partial charge < -0.3 is 19.9 Å². The van der Waals surface area contributed by atoms with Crippen LogP contribution in [-0.4, -0.2) is 42.2 Å². The summed E-state index contributed by atoms with van der Waals surface area (Å²) in [4.78, 5) is 22.6. The molecule has 0 atom stereocenters. The van der Waals surface area contributed by atoms with Crippen LogP contribution < -0.4 is 10.2 Å². The molecule has 29 heavy (non-hydrogen) atoms. The maximum atomic E-state index is 12.7. The highest BCUT2D eigenvalue weighted by atomic mass is 16.5. The van der Waals surface area contributed by atoms with E-state index in [0.717, 1.165) is 48.6 Å². The molecule has 3 aromatic rings. The fraction of sp³-hybridized carbons (Fsp3) is 0.391. The highest BCUT2D eigenvalue weighted by Crippen LogP contribution is 2.26. The summed E-state index contributed by atoms with van der Waals surface area (Å²) >= 11 is 0. The first-order valence-corrected chi connectivity index (χ1v) is 10.1. The summed E-state index contributed by atoms with van der Waals surface area (Å²) in [6.45, 7) is 10.1. The number of aromatic amines is 1. The Bertz CT molecular complexity index is 1010. The van der Waals surface area contributed by atoms with Gasteiger partial charge >= 0.3 is 0 Å². The number of anilines is 1. The Morgan fingerprint density at radius 3 is 2.72 bits per heavy atom. The average Bonchev–Trinajstić information content (AvgIpc) is 3.16. The van der Waals surface area contributed by atoms with Crippen LogP contribution in [0.5, 0.6) is 0 Å². The monoisotopic (exact) mass is 392 g/mol. The quantitative estimate of drug-likeness (QED) is 0.711. The molecule has 0 spiro atoms. The molecular formula is C23H28N4O2. The van der Waals surface area contributed by atoms with E-state index in [9.17, 15) is 4.79 Å². The number of carbonyl (C=O) groups excluding carboxylic acids is 1. The molecule has 6 nitrogen and oxygen atoms in total. The van der Waals surface area contributed by atoms with E-state index < -0.39 is 0 Å². The molecule has 0 radical (unpaired) electrons. The Labute approximate surface area is 171 Å². The van der Waals surface area contributed by atoms with Crippen molar-refractivity contribution in [2.24, 2.45) is 0 Å². The number of nitrogens with zero attached hydrogens (tertiary/aromatic N) is 2. The van der Waals surface area contributed by atoms with Crippen LogP contribution in [-0.2, 0) is 16.7 Å². The van der Waals surface area contributed by atoms with Crippen molar-refractivity contribution in [3.63, 3.8) is 0 Å². The fourth-order valence-electron chi connectivity index (χ4n) is 3.53. The van der Waals surface area contributed by atoms with E-state index >= 15 is 0 Å². The van der Waals surface area contributed by atoms with Crippen LogP contribution in [0.3, 0.4) is 0 Å². The van der Waals surface area contributed by atoms with Crippen molar-refractivity contribution < 1.29 is 9.53 Å². The van der Waals surface area contributed by atoms with Crippen molar-refractivity contribution in [2.75, 3.05) is 31.2 Å². The van der Waals surface area contributed by atoms with Crippen LogP contribution in [0.25, 0.3) is 10.9 Å². The molecule has 4 rings (SSSR count). The van der Waals surface area contributed by atoms with Gasteiger partial charge in [-0.15, -0.1) is 0 Å². The molecule has 152 valence electrons. The lowest BCUT2D eigenvalue weighted by Gasteiger charge is -2.28. The molecule has 0 unspecified atom stereocenters. The minimum absolute atomic E-state index is 0.0707. The van der Waals surface area contributed by atoms with Crippen molar-refractivity contribution in [3.8, 4) is 0 Å². The van der Waals surface area contributed by atoms with Crippen LogP contribution in [0.1, 0.15) is 42.4 Å². The molecule has 1 fully saturated rings. The third-order valence-corrected chi connectivity index (χ3v) is 5.33. The zero-order valence-corrected chi connectivity index (χ0v) is 17.3. The number of nitrogens with one attached hydrogen (secondary N) is 2. The standard InChI is InChI=1S/C23H28N4O2/c1-23(2,3)18-5-4-17-13-20(26-19(17)14-18)22(28)25-15-16-6-7-24-21(12-16)27-8-10-29-11-9-27/h4-7,12-14,26H,8-11,15H2,1-3H3,(H,25,28). The van der Waals surface area contributed by atoms with E-state index in [4.69, 9.17) is 4.74 Å². The second-order valence-electron chi connectivity index (χ2n) is 8.54. The van der Waals surface area contributed by atoms with Crippen LogP contribution in [0.15, 0.2) is 42.6 Å². The molecule has 0 bridgehead atoms. The number of morpholine rings is 1. The zero-order chi connectivity index (χ0) is 20.4. The van der Waals surface area contributed by atoms with E-state index in [-0.39, 0.29) is 11.3 Å². The molecule has 1 saturated heterocycles. The second kappa shape index (κ2) is 7.87. The number of H-pyrrole nitrogens is 1. The van der Waals surface area contributed by atoms with Gasteiger partial charge in [0.05, 0.1) is 13.2 Å². The van der Waals surface area contributed by atoms with Crippen LogP contribution in [0.4, 0.5) is 5.82 Å². The molecule has 1 aliphatic rings. The molecule has 0 saturated carbocycles. The predicted molar refractivity (Wildman–Crippen MR) is 115 cm³/mol. The number of pyridine rings is 1. The van der Waals surface area contributed by atoms with Crippen LogP contribution >= 0.6 is 0 Å². The Hall–Kier alpha value is -2.86. The summed E-state index contributed by atoms with van der Waals surface area (Å²) in [5.41, 5.74) is 3.91. The maximum Gasteiger partial charge on any atom is 0.267 e. The first kappa shape index (κ1) is 19.5. The molecule has 1 aliphatic heterocycles. The summed E-state index contributed by atoms with van der Waals surface area (Å²) < 4.78 is 5.40. The van der Waals surface area contributed by atoms with Gasteiger partial charge in [0.2, 0.25) is 0 Å². The van der Waals surface area contributed by atoms with Gasteiger partial charge in [-0.2, -0.15) is 0 Å². The summed E-state index contributed by atoms with van der Waals surface area (Å²) in [7, 11) is 0. The Balaban J connectivity index is 1.44. The number of rotatable bonds is 4. The summed E-state index contributed by atoms with van der Waals surface area (Å²) in [5, 5.41) is 4.05. The predicted octanol–water partition coefficient (Wildman–Crippen LogP) is 3.63. The van der Waals surface area contributed by atoms with Crippen molar-refractivity contribution in [1.29, 1.82) is 0 Å². The van der Waals surface area contributed by atoms with Crippen molar-refractivity contribution in [3.05, 3.63) is 59.4 Å². The normalized spacial score (nSPS) is 14.9. The summed E-state index contributed by atoms with van der Waals surface area (Å²) in [6.07, 6.45) is 1.79. The SMILES string of the molecule is CC(C)(C)c1ccc2cc(C(=O)NCc3ccnc(N4CCOCC4)c3)[nH]c2c1. The molecule has 3 heterocycles. The van der Waals surface area contributed by atoms with Crippen molar-refractivity contribution in [1.82, 2.24) is 15.3 Å². The highest BCUT2D eigenvalue weighted by molar-refractivity contribution is 5.98. The fourth-order valence-corrected chi connectivity index (χ4v) is 3.53. The zero-order valence-electron chi connectivity index (χ0n) is 17.3. The van der Waals surface area contributed by atoms with E-state index in [1.54, 1.807) is 6.20 Å².